The zero-order valence-electron chi connectivity index (χ0n) is 12.2. The lowest BCUT2D eigenvalue weighted by atomic mass is 10.3. The first-order valence-electron chi connectivity index (χ1n) is 7.03. The molecule has 0 radical (unpaired) electrons. The summed E-state index contributed by atoms with van der Waals surface area (Å²) in [5, 5.41) is 9.08. The van der Waals surface area contributed by atoms with Crippen molar-refractivity contribution in [2.24, 2.45) is 0 Å². The Morgan fingerprint density at radius 3 is 2.76 bits per heavy atom. The molecule has 0 aliphatic carbocycles. The number of hydrogen-bond donors (Lipinski definition) is 2. The molecule has 0 bridgehead atoms. The van der Waals surface area contributed by atoms with Crippen molar-refractivity contribution in [2.45, 2.75) is 24.8 Å². The van der Waals surface area contributed by atoms with E-state index in [1.54, 1.807) is 13.0 Å². The van der Waals surface area contributed by atoms with Gasteiger partial charge in [-0.15, -0.1) is 11.3 Å². The van der Waals surface area contributed by atoms with E-state index >= 15 is 0 Å². The van der Waals surface area contributed by atoms with Crippen LogP contribution in [0.3, 0.4) is 0 Å². The maximum atomic E-state index is 12.2. The molecule has 0 saturated carbocycles. The van der Waals surface area contributed by atoms with Gasteiger partial charge in [-0.3, -0.25) is 4.90 Å². The molecule has 1 aliphatic heterocycles. The van der Waals surface area contributed by atoms with Crippen molar-refractivity contribution in [1.82, 2.24) is 9.62 Å². The Labute approximate surface area is 129 Å². The number of aliphatic hydroxyl groups is 1. The topological polar surface area (TPSA) is 78.9 Å². The van der Waals surface area contributed by atoms with Crippen molar-refractivity contribution in [1.29, 1.82) is 0 Å². The fourth-order valence-corrected chi connectivity index (χ4v) is 4.85. The third kappa shape index (κ3) is 4.73. The van der Waals surface area contributed by atoms with Crippen LogP contribution in [0, 0.1) is 6.92 Å². The van der Waals surface area contributed by atoms with Gasteiger partial charge < -0.3 is 9.84 Å². The molecule has 2 heterocycles. The second-order valence-corrected chi connectivity index (χ2v) is 8.07. The van der Waals surface area contributed by atoms with Gasteiger partial charge in [0.1, 0.15) is 0 Å². The summed E-state index contributed by atoms with van der Waals surface area (Å²) in [7, 11) is -3.48. The highest BCUT2D eigenvalue weighted by Gasteiger charge is 2.19. The highest BCUT2D eigenvalue weighted by molar-refractivity contribution is 7.89. The van der Waals surface area contributed by atoms with Crippen LogP contribution in [0.25, 0.3) is 0 Å². The van der Waals surface area contributed by atoms with Gasteiger partial charge in [0.05, 0.1) is 24.7 Å². The second-order valence-electron chi connectivity index (χ2n) is 5.00. The van der Waals surface area contributed by atoms with Gasteiger partial charge in [-0.05, 0) is 26.0 Å². The quantitative estimate of drug-likeness (QED) is 0.712. The summed E-state index contributed by atoms with van der Waals surface area (Å²) in [5.74, 6) is 0. The number of hydrogen-bond acceptors (Lipinski definition) is 6. The number of thiophene rings is 1. The van der Waals surface area contributed by atoms with Crippen LogP contribution in [0.1, 0.15) is 16.2 Å². The second kappa shape index (κ2) is 7.66. The summed E-state index contributed by atoms with van der Waals surface area (Å²) in [4.78, 5) is 3.93. The SMILES string of the molecule is Cc1sc(CO)cc1S(=O)(=O)NCCCN1CCOCC1. The smallest absolute Gasteiger partial charge is 0.241 e. The number of sulfonamides is 1. The third-order valence-electron chi connectivity index (χ3n) is 3.42. The van der Waals surface area contributed by atoms with Crippen molar-refractivity contribution in [3.63, 3.8) is 0 Å². The van der Waals surface area contributed by atoms with Crippen molar-refractivity contribution in [3.8, 4) is 0 Å². The summed E-state index contributed by atoms with van der Waals surface area (Å²) in [5.41, 5.74) is 0. The fourth-order valence-electron chi connectivity index (χ4n) is 2.28. The van der Waals surface area contributed by atoms with Crippen LogP contribution in [0.15, 0.2) is 11.0 Å². The molecule has 0 unspecified atom stereocenters. The predicted molar refractivity (Wildman–Crippen MR) is 82.0 cm³/mol. The van der Waals surface area contributed by atoms with Crippen LogP contribution >= 0.6 is 11.3 Å². The highest BCUT2D eigenvalue weighted by atomic mass is 32.2. The molecular weight excluding hydrogens is 312 g/mol. The number of rotatable bonds is 7. The molecule has 1 fully saturated rings. The summed E-state index contributed by atoms with van der Waals surface area (Å²) in [6.07, 6.45) is 0.773. The number of nitrogens with zero attached hydrogens (tertiary/aromatic N) is 1. The maximum Gasteiger partial charge on any atom is 0.241 e. The summed E-state index contributed by atoms with van der Waals surface area (Å²) in [6, 6.07) is 1.55. The molecule has 120 valence electrons. The van der Waals surface area contributed by atoms with Crippen LogP contribution in [0.5, 0.6) is 0 Å². The van der Waals surface area contributed by atoms with Gasteiger partial charge in [0.2, 0.25) is 10.0 Å². The van der Waals surface area contributed by atoms with E-state index < -0.39 is 10.0 Å². The fraction of sp³-hybridized carbons (Fsp3) is 0.692. The van der Waals surface area contributed by atoms with E-state index in [0.29, 0.717) is 16.3 Å². The molecule has 0 aromatic carbocycles. The largest absolute Gasteiger partial charge is 0.391 e. The Hall–Kier alpha value is -0.510. The first kappa shape index (κ1) is 16.9. The molecule has 0 spiro atoms. The van der Waals surface area contributed by atoms with Crippen molar-refractivity contribution >= 4 is 21.4 Å². The number of aryl methyl sites for hydroxylation is 1. The van der Waals surface area contributed by atoms with Crippen LogP contribution in [-0.2, 0) is 21.4 Å². The highest BCUT2D eigenvalue weighted by Crippen LogP contribution is 2.25. The Kier molecular flexibility index (Phi) is 6.15. The van der Waals surface area contributed by atoms with Gasteiger partial charge in [-0.25, -0.2) is 13.1 Å². The van der Waals surface area contributed by atoms with Gasteiger partial charge in [0, 0.05) is 29.4 Å². The molecule has 1 aromatic rings. The molecule has 6 nitrogen and oxygen atoms in total. The number of ether oxygens (including phenoxy) is 1. The zero-order valence-corrected chi connectivity index (χ0v) is 13.8. The van der Waals surface area contributed by atoms with Crippen molar-refractivity contribution in [3.05, 3.63) is 15.8 Å². The zero-order chi connectivity index (χ0) is 15.3. The minimum atomic E-state index is -3.48. The number of morpholine rings is 1. The molecule has 1 aromatic heterocycles. The van der Waals surface area contributed by atoms with Crippen molar-refractivity contribution in [2.75, 3.05) is 39.4 Å². The molecule has 0 amide bonds. The minimum absolute atomic E-state index is 0.127. The molecule has 2 rings (SSSR count). The first-order valence-corrected chi connectivity index (χ1v) is 9.33. The third-order valence-corrected chi connectivity index (χ3v) is 6.17. The van der Waals surface area contributed by atoms with Crippen LogP contribution in [0.4, 0.5) is 0 Å². The standard InChI is InChI=1S/C13H22N2O4S2/c1-11-13(9-12(10-16)20-11)21(17,18)14-3-2-4-15-5-7-19-8-6-15/h9,14,16H,2-8,10H2,1H3. The predicted octanol–water partition coefficient (Wildman–Crippen LogP) is 0.549. The van der Waals surface area contributed by atoms with Crippen LogP contribution < -0.4 is 4.72 Å². The summed E-state index contributed by atoms with van der Waals surface area (Å²) >= 11 is 1.31. The summed E-state index contributed by atoms with van der Waals surface area (Å²) < 4.78 is 32.3. The molecule has 21 heavy (non-hydrogen) atoms. The van der Waals surface area contributed by atoms with E-state index in [9.17, 15) is 8.42 Å². The average molecular weight is 334 g/mol. The number of aliphatic hydroxyl groups excluding tert-OH is 1. The van der Waals surface area contributed by atoms with E-state index in [4.69, 9.17) is 9.84 Å². The van der Waals surface area contributed by atoms with Crippen molar-refractivity contribution < 1.29 is 18.3 Å². The molecule has 1 aliphatic rings. The van der Waals surface area contributed by atoms with E-state index in [1.165, 1.54) is 11.3 Å². The number of nitrogens with one attached hydrogen (secondary N) is 1. The summed E-state index contributed by atoms with van der Waals surface area (Å²) in [6.45, 7) is 6.25. The van der Waals surface area contributed by atoms with Gasteiger partial charge in [0.15, 0.2) is 0 Å². The lowest BCUT2D eigenvalue weighted by molar-refractivity contribution is 0.0376. The van der Waals surface area contributed by atoms with Crippen LogP contribution in [-0.4, -0.2) is 57.8 Å². The van der Waals surface area contributed by atoms with Gasteiger partial charge in [-0.2, -0.15) is 0 Å². The van der Waals surface area contributed by atoms with Gasteiger partial charge in [-0.1, -0.05) is 0 Å². The Morgan fingerprint density at radius 2 is 2.14 bits per heavy atom. The Morgan fingerprint density at radius 1 is 1.43 bits per heavy atom. The molecule has 0 atom stereocenters. The lowest BCUT2D eigenvalue weighted by Gasteiger charge is -2.26. The first-order chi connectivity index (χ1) is 10.0. The average Bonchev–Trinajstić information content (AvgIpc) is 2.87. The van der Waals surface area contributed by atoms with Crippen LogP contribution in [0.2, 0.25) is 0 Å². The van der Waals surface area contributed by atoms with Gasteiger partial charge >= 0.3 is 0 Å². The van der Waals surface area contributed by atoms with E-state index in [0.717, 1.165) is 39.3 Å². The van der Waals surface area contributed by atoms with Gasteiger partial charge in [0.25, 0.3) is 0 Å². The molecule has 1 saturated heterocycles. The molecule has 2 N–H and O–H groups in total. The van der Waals surface area contributed by atoms with E-state index in [1.807, 2.05) is 0 Å². The monoisotopic (exact) mass is 334 g/mol. The molecular formula is C13H22N2O4S2. The Bertz CT molecular complexity index is 551. The van der Waals surface area contributed by atoms with E-state index in [-0.39, 0.29) is 11.5 Å². The minimum Gasteiger partial charge on any atom is -0.391 e. The maximum absolute atomic E-state index is 12.2. The lowest BCUT2D eigenvalue weighted by Crippen LogP contribution is -2.38. The molecule has 8 heteroatoms. The normalized spacial score (nSPS) is 17.2. The Balaban J connectivity index is 1.82. The van der Waals surface area contributed by atoms with E-state index in [2.05, 4.69) is 9.62 Å².